The van der Waals surface area contributed by atoms with Crippen molar-refractivity contribution in [3.05, 3.63) is 17.5 Å². The second-order valence-corrected chi connectivity index (χ2v) is 3.87. The molecule has 2 aromatic rings. The lowest BCUT2D eigenvalue weighted by atomic mass is 10.00. The van der Waals surface area contributed by atoms with Gasteiger partial charge in [0.25, 0.3) is 0 Å². The first-order valence-corrected chi connectivity index (χ1v) is 4.86. The van der Waals surface area contributed by atoms with E-state index in [0.717, 1.165) is 16.8 Å². The van der Waals surface area contributed by atoms with Crippen LogP contribution in [0.1, 0.15) is 31.0 Å². The molecule has 0 fully saturated rings. The fourth-order valence-corrected chi connectivity index (χ4v) is 1.64. The molecule has 5 nitrogen and oxygen atoms in total. The number of aromatic nitrogens is 3. The quantitative estimate of drug-likeness (QED) is 0.788. The van der Waals surface area contributed by atoms with Gasteiger partial charge in [-0.2, -0.15) is 5.10 Å². The SMILES string of the molecule is Cc1[nH]ncc1-c1onc(N)c1C(C)C. The Morgan fingerprint density at radius 2 is 2.20 bits per heavy atom. The zero-order chi connectivity index (χ0) is 11.0. The molecule has 0 saturated carbocycles. The number of aromatic amines is 1. The molecule has 0 radical (unpaired) electrons. The summed E-state index contributed by atoms with van der Waals surface area (Å²) in [4.78, 5) is 0. The summed E-state index contributed by atoms with van der Waals surface area (Å²) in [6, 6.07) is 0. The second kappa shape index (κ2) is 3.42. The number of anilines is 1. The maximum absolute atomic E-state index is 5.76. The van der Waals surface area contributed by atoms with Gasteiger partial charge in [-0.15, -0.1) is 0 Å². The van der Waals surface area contributed by atoms with Crippen molar-refractivity contribution >= 4 is 5.82 Å². The molecule has 0 unspecified atom stereocenters. The molecule has 0 aliphatic carbocycles. The molecule has 0 spiro atoms. The van der Waals surface area contributed by atoms with Crippen LogP contribution in [0.25, 0.3) is 11.3 Å². The highest BCUT2D eigenvalue weighted by Crippen LogP contribution is 2.34. The monoisotopic (exact) mass is 206 g/mol. The van der Waals surface area contributed by atoms with Crippen molar-refractivity contribution in [3.8, 4) is 11.3 Å². The van der Waals surface area contributed by atoms with E-state index in [1.807, 2.05) is 6.92 Å². The van der Waals surface area contributed by atoms with Crippen LogP contribution in [-0.4, -0.2) is 15.4 Å². The van der Waals surface area contributed by atoms with Crippen molar-refractivity contribution in [1.82, 2.24) is 15.4 Å². The van der Waals surface area contributed by atoms with E-state index in [1.165, 1.54) is 0 Å². The van der Waals surface area contributed by atoms with E-state index < -0.39 is 0 Å². The average Bonchev–Trinajstić information content (AvgIpc) is 2.71. The third-order valence-electron chi connectivity index (χ3n) is 2.41. The largest absolute Gasteiger partial charge is 0.381 e. The lowest BCUT2D eigenvalue weighted by Gasteiger charge is -2.03. The molecule has 2 aromatic heterocycles. The number of hydrogen-bond acceptors (Lipinski definition) is 4. The fourth-order valence-electron chi connectivity index (χ4n) is 1.64. The molecule has 0 bridgehead atoms. The first-order chi connectivity index (χ1) is 7.11. The van der Waals surface area contributed by atoms with Crippen LogP contribution in [-0.2, 0) is 0 Å². The van der Waals surface area contributed by atoms with Crippen LogP contribution in [0.3, 0.4) is 0 Å². The predicted octanol–water partition coefficient (Wildman–Crippen LogP) is 2.08. The third kappa shape index (κ3) is 1.49. The first kappa shape index (κ1) is 9.76. The van der Waals surface area contributed by atoms with Crippen LogP contribution in [0.4, 0.5) is 5.82 Å². The van der Waals surface area contributed by atoms with Gasteiger partial charge in [0.1, 0.15) is 0 Å². The number of aryl methyl sites for hydroxylation is 1. The molecule has 2 rings (SSSR count). The predicted molar refractivity (Wildman–Crippen MR) is 57.3 cm³/mol. The van der Waals surface area contributed by atoms with E-state index in [-0.39, 0.29) is 5.92 Å². The maximum atomic E-state index is 5.76. The molecule has 0 aliphatic heterocycles. The second-order valence-electron chi connectivity index (χ2n) is 3.87. The van der Waals surface area contributed by atoms with Gasteiger partial charge in [0.2, 0.25) is 0 Å². The van der Waals surface area contributed by atoms with Crippen molar-refractivity contribution in [2.75, 3.05) is 5.73 Å². The van der Waals surface area contributed by atoms with Gasteiger partial charge >= 0.3 is 0 Å². The number of nitrogens with two attached hydrogens (primary N) is 1. The minimum Gasteiger partial charge on any atom is -0.381 e. The Morgan fingerprint density at radius 3 is 2.73 bits per heavy atom. The van der Waals surface area contributed by atoms with Crippen molar-refractivity contribution < 1.29 is 4.52 Å². The Bertz CT molecular complexity index is 469. The molecule has 0 aromatic carbocycles. The molecule has 3 N–H and O–H groups in total. The number of hydrogen-bond donors (Lipinski definition) is 2. The van der Waals surface area contributed by atoms with Gasteiger partial charge < -0.3 is 10.3 Å². The smallest absolute Gasteiger partial charge is 0.175 e. The number of rotatable bonds is 2. The van der Waals surface area contributed by atoms with Crippen molar-refractivity contribution in [1.29, 1.82) is 0 Å². The van der Waals surface area contributed by atoms with E-state index in [2.05, 4.69) is 29.2 Å². The minimum atomic E-state index is 0.278. The van der Waals surface area contributed by atoms with Crippen LogP contribution < -0.4 is 5.73 Å². The van der Waals surface area contributed by atoms with E-state index in [4.69, 9.17) is 10.3 Å². The lowest BCUT2D eigenvalue weighted by molar-refractivity contribution is 0.434. The van der Waals surface area contributed by atoms with Crippen LogP contribution in [0.5, 0.6) is 0 Å². The molecular weight excluding hydrogens is 192 g/mol. The molecule has 5 heteroatoms. The Balaban J connectivity index is 2.59. The average molecular weight is 206 g/mol. The zero-order valence-electron chi connectivity index (χ0n) is 9.03. The van der Waals surface area contributed by atoms with E-state index >= 15 is 0 Å². The zero-order valence-corrected chi connectivity index (χ0v) is 9.03. The normalized spacial score (nSPS) is 11.2. The summed E-state index contributed by atoms with van der Waals surface area (Å²) in [5.41, 5.74) is 8.58. The lowest BCUT2D eigenvalue weighted by Crippen LogP contribution is -1.95. The molecule has 0 aliphatic rings. The van der Waals surface area contributed by atoms with Crippen LogP contribution >= 0.6 is 0 Å². The van der Waals surface area contributed by atoms with Gasteiger partial charge in [0.05, 0.1) is 11.8 Å². The Hall–Kier alpha value is -1.78. The number of H-pyrrole nitrogens is 1. The summed E-state index contributed by atoms with van der Waals surface area (Å²) in [6.07, 6.45) is 1.72. The summed E-state index contributed by atoms with van der Waals surface area (Å²) in [5.74, 6) is 1.45. The summed E-state index contributed by atoms with van der Waals surface area (Å²) >= 11 is 0. The van der Waals surface area contributed by atoms with Crippen molar-refractivity contribution in [2.24, 2.45) is 0 Å². The summed E-state index contributed by atoms with van der Waals surface area (Å²) in [6.45, 7) is 6.05. The fraction of sp³-hybridized carbons (Fsp3) is 0.400. The summed E-state index contributed by atoms with van der Waals surface area (Å²) < 4.78 is 5.25. The number of nitrogens with one attached hydrogen (secondary N) is 1. The molecule has 15 heavy (non-hydrogen) atoms. The molecular formula is C10H14N4O. The molecule has 0 saturated heterocycles. The maximum Gasteiger partial charge on any atom is 0.175 e. The topological polar surface area (TPSA) is 80.7 Å². The Kier molecular flexibility index (Phi) is 2.22. The third-order valence-corrected chi connectivity index (χ3v) is 2.41. The summed E-state index contributed by atoms with van der Waals surface area (Å²) in [5, 5.41) is 10.6. The standard InChI is InChI=1S/C10H14N4O/c1-5(2)8-9(15-14-10(8)11)7-4-12-13-6(7)3/h4-5H,1-3H3,(H2,11,14)(H,12,13). The Labute approximate surface area is 87.7 Å². The van der Waals surface area contributed by atoms with Crippen molar-refractivity contribution in [2.45, 2.75) is 26.7 Å². The van der Waals surface area contributed by atoms with Gasteiger partial charge in [-0.3, -0.25) is 5.10 Å². The minimum absolute atomic E-state index is 0.278. The number of nitrogen functional groups attached to an aromatic ring is 1. The van der Waals surface area contributed by atoms with Gasteiger partial charge in [0, 0.05) is 11.3 Å². The van der Waals surface area contributed by atoms with Crippen LogP contribution in [0.15, 0.2) is 10.7 Å². The van der Waals surface area contributed by atoms with E-state index in [9.17, 15) is 0 Å². The van der Waals surface area contributed by atoms with E-state index in [1.54, 1.807) is 6.20 Å². The van der Waals surface area contributed by atoms with Gasteiger partial charge in [-0.25, -0.2) is 0 Å². The van der Waals surface area contributed by atoms with Crippen LogP contribution in [0.2, 0.25) is 0 Å². The summed E-state index contributed by atoms with van der Waals surface area (Å²) in [7, 11) is 0. The molecule has 0 amide bonds. The van der Waals surface area contributed by atoms with Crippen LogP contribution in [0, 0.1) is 6.92 Å². The van der Waals surface area contributed by atoms with E-state index in [0.29, 0.717) is 11.6 Å². The van der Waals surface area contributed by atoms with Gasteiger partial charge in [-0.1, -0.05) is 19.0 Å². The van der Waals surface area contributed by atoms with Crippen molar-refractivity contribution in [3.63, 3.8) is 0 Å². The molecule has 0 atom stereocenters. The number of nitrogens with zero attached hydrogens (tertiary/aromatic N) is 2. The molecule has 2 heterocycles. The Morgan fingerprint density at radius 1 is 1.47 bits per heavy atom. The first-order valence-electron chi connectivity index (χ1n) is 4.86. The highest BCUT2D eigenvalue weighted by molar-refractivity contribution is 5.68. The van der Waals surface area contributed by atoms with Gasteiger partial charge in [0.15, 0.2) is 11.6 Å². The van der Waals surface area contributed by atoms with Gasteiger partial charge in [-0.05, 0) is 12.8 Å². The highest BCUT2D eigenvalue weighted by Gasteiger charge is 2.20. The highest BCUT2D eigenvalue weighted by atomic mass is 16.5. The molecule has 80 valence electrons.